The molecule has 0 radical (unpaired) electrons. The zero-order valence-corrected chi connectivity index (χ0v) is 32.4. The monoisotopic (exact) mass is 728 g/mol. The van der Waals surface area contributed by atoms with E-state index in [0.717, 1.165) is 34.1 Å². The topological polar surface area (TPSA) is 18.5 Å². The molecule has 0 bridgehead atoms. The van der Waals surface area contributed by atoms with Crippen molar-refractivity contribution in [1.29, 1.82) is 0 Å². The molecule has 2 nitrogen and oxygen atoms in total. The third-order valence-electron chi connectivity index (χ3n) is 11.1. The first kappa shape index (κ1) is 33.6. The van der Waals surface area contributed by atoms with Gasteiger partial charge in [-0.1, -0.05) is 191 Å². The third-order valence-corrected chi connectivity index (χ3v) is 27.9. The van der Waals surface area contributed by atoms with Crippen LogP contribution in [0.15, 0.2) is 206 Å². The smallest absolute Gasteiger partial charge is 0.155 e. The van der Waals surface area contributed by atoms with E-state index in [9.17, 15) is 0 Å². The van der Waals surface area contributed by atoms with Crippen molar-refractivity contribution in [1.82, 2.24) is 0 Å². The van der Waals surface area contributed by atoms with E-state index in [4.69, 9.17) is 9.47 Å². The molecule has 0 saturated carbocycles. The third kappa shape index (κ3) is 5.37. The molecule has 0 N–H and O–H groups in total. The molecule has 0 fully saturated rings. The van der Waals surface area contributed by atoms with Crippen LogP contribution in [0.3, 0.4) is 0 Å². The first-order chi connectivity index (χ1) is 26.6. The highest BCUT2D eigenvalue weighted by Crippen LogP contribution is 2.40. The lowest BCUT2D eigenvalue weighted by Crippen LogP contribution is -2.95. The number of ether oxygens (including phenoxy) is 2. The van der Waals surface area contributed by atoms with Crippen molar-refractivity contribution in [2.24, 2.45) is 0 Å². The van der Waals surface area contributed by atoms with Crippen LogP contribution in [0.1, 0.15) is 11.1 Å². The van der Waals surface area contributed by atoms with Crippen molar-refractivity contribution in [3.63, 3.8) is 0 Å². The lowest BCUT2D eigenvalue weighted by atomic mass is 10.0. The van der Waals surface area contributed by atoms with Gasteiger partial charge < -0.3 is 9.47 Å². The van der Waals surface area contributed by atoms with Crippen LogP contribution in [0, 0.1) is 13.8 Å². The number of hydrogen-bond donors (Lipinski definition) is 0. The van der Waals surface area contributed by atoms with Crippen LogP contribution in [-0.4, -0.2) is 15.2 Å². The Hall–Kier alpha value is -6.21. The van der Waals surface area contributed by atoms with Crippen molar-refractivity contribution >= 4 is 46.3 Å². The van der Waals surface area contributed by atoms with Gasteiger partial charge in [0, 0.05) is 0 Å². The fourth-order valence-corrected chi connectivity index (χ4v) is 29.0. The summed E-state index contributed by atoms with van der Waals surface area (Å²) in [7, 11) is -6.17. The van der Waals surface area contributed by atoms with Crippen molar-refractivity contribution in [3.8, 4) is 34.1 Å². The summed E-state index contributed by atoms with van der Waals surface area (Å²) in [5.74, 6) is 3.35. The summed E-state index contributed by atoms with van der Waals surface area (Å²) in [6.45, 7) is 4.41. The van der Waals surface area contributed by atoms with Gasteiger partial charge in [0.25, 0.3) is 0 Å². The summed E-state index contributed by atoms with van der Waals surface area (Å²) in [4.78, 5) is 0. The van der Waals surface area contributed by atoms with E-state index in [-0.39, 0.29) is 0 Å². The minimum atomic E-state index is -3.09. The molecule has 0 aliphatic carbocycles. The zero-order valence-electron chi connectivity index (χ0n) is 30.4. The summed E-state index contributed by atoms with van der Waals surface area (Å²) >= 11 is 0. The fraction of sp³-hybridized carbons (Fsp3) is 0.0400. The molecule has 0 saturated heterocycles. The van der Waals surface area contributed by atoms with Crippen LogP contribution >= 0.6 is 0 Å². The minimum absolute atomic E-state index is 0.820. The average molecular weight is 729 g/mol. The Balaban J connectivity index is 1.49. The van der Waals surface area contributed by atoms with Gasteiger partial charge >= 0.3 is 0 Å². The molecule has 54 heavy (non-hydrogen) atoms. The Morgan fingerprint density at radius 1 is 0.315 bits per heavy atom. The maximum absolute atomic E-state index is 6.74. The van der Waals surface area contributed by atoms with Gasteiger partial charge in [-0.3, -0.25) is 0 Å². The number of hydrogen-bond acceptors (Lipinski definition) is 2. The van der Waals surface area contributed by atoms with Crippen LogP contribution in [0.2, 0.25) is 0 Å². The van der Waals surface area contributed by atoms with Gasteiger partial charge in [-0.25, -0.2) is 0 Å². The van der Waals surface area contributed by atoms with Gasteiger partial charge in [-0.2, -0.15) is 0 Å². The molecule has 0 aromatic heterocycles. The summed E-state index contributed by atoms with van der Waals surface area (Å²) in [6, 6.07) is 75.6. The highest BCUT2D eigenvalue weighted by molar-refractivity contribution is 7.68. The Kier molecular flexibility index (Phi) is 8.70. The predicted octanol–water partition coefficient (Wildman–Crippen LogP) is 8.59. The summed E-state index contributed by atoms with van der Waals surface area (Å²) in [6.07, 6.45) is 0. The van der Waals surface area contributed by atoms with Gasteiger partial charge in [0.2, 0.25) is 0 Å². The normalized spacial score (nSPS) is 13.7. The Labute approximate surface area is 319 Å². The molecular formula is C50H40O2Si2. The van der Waals surface area contributed by atoms with Crippen LogP contribution in [0.25, 0.3) is 11.1 Å². The largest absolute Gasteiger partial charge is 0.457 e. The maximum Gasteiger partial charge on any atom is 0.155 e. The Bertz CT molecular complexity index is 2280. The molecule has 1 aliphatic heterocycles. The number of benzene rings is 8. The van der Waals surface area contributed by atoms with Gasteiger partial charge in [-0.05, 0) is 82.9 Å². The van der Waals surface area contributed by atoms with Gasteiger partial charge in [0.15, 0.2) is 15.2 Å². The van der Waals surface area contributed by atoms with Gasteiger partial charge in [0.1, 0.15) is 23.0 Å². The first-order valence-corrected chi connectivity index (χ1v) is 23.6. The predicted molar refractivity (Wildman–Crippen MR) is 229 cm³/mol. The van der Waals surface area contributed by atoms with E-state index in [1.807, 2.05) is 60.7 Å². The van der Waals surface area contributed by atoms with Crippen molar-refractivity contribution in [2.75, 3.05) is 0 Å². The van der Waals surface area contributed by atoms with Crippen LogP contribution in [-0.2, 0) is 0 Å². The van der Waals surface area contributed by atoms with Crippen LogP contribution in [0.5, 0.6) is 23.0 Å². The average Bonchev–Trinajstić information content (AvgIpc) is 3.23. The molecule has 9 rings (SSSR count). The molecule has 0 amide bonds. The van der Waals surface area contributed by atoms with Crippen molar-refractivity contribution in [3.05, 3.63) is 217 Å². The van der Waals surface area contributed by atoms with E-state index in [1.54, 1.807) is 0 Å². The molecule has 1 heterocycles. The number of para-hydroxylation sites is 2. The van der Waals surface area contributed by atoms with Crippen molar-refractivity contribution < 1.29 is 9.47 Å². The van der Waals surface area contributed by atoms with Crippen molar-refractivity contribution in [2.45, 2.75) is 13.8 Å². The van der Waals surface area contributed by atoms with Crippen LogP contribution in [0.4, 0.5) is 0 Å². The molecule has 8 aromatic rings. The summed E-state index contributed by atoms with van der Waals surface area (Å²) in [5, 5.41) is 8.42. The molecule has 260 valence electrons. The lowest BCUT2D eigenvalue weighted by Gasteiger charge is -2.54. The summed E-state index contributed by atoms with van der Waals surface area (Å²) in [5.41, 5.74) is 4.63. The maximum atomic E-state index is 6.74. The van der Waals surface area contributed by atoms with Gasteiger partial charge in [-0.15, -0.1) is 0 Å². The van der Waals surface area contributed by atoms with Crippen LogP contribution < -0.4 is 40.6 Å². The highest BCUT2D eigenvalue weighted by Gasteiger charge is 2.65. The number of rotatable bonds is 8. The molecule has 0 unspecified atom stereocenters. The molecule has 8 aromatic carbocycles. The molecule has 4 heteroatoms. The quantitative estimate of drug-likeness (QED) is 0.146. The fourth-order valence-electron chi connectivity index (χ4n) is 8.87. The molecule has 0 atom stereocenters. The first-order valence-electron chi connectivity index (χ1n) is 18.6. The highest BCUT2D eigenvalue weighted by atomic mass is 29.3. The molecular weight excluding hydrogens is 689 g/mol. The van der Waals surface area contributed by atoms with E-state index in [0.29, 0.717) is 0 Å². The lowest BCUT2D eigenvalue weighted by molar-refractivity contribution is 0.478. The Morgan fingerprint density at radius 2 is 0.574 bits per heavy atom. The zero-order chi connectivity index (χ0) is 36.5. The second kappa shape index (κ2) is 14.0. The van der Waals surface area contributed by atoms with E-state index in [2.05, 4.69) is 159 Å². The summed E-state index contributed by atoms with van der Waals surface area (Å²) < 4.78 is 13.5. The second-order valence-corrected chi connectivity index (χ2v) is 25.0. The van der Waals surface area contributed by atoms with E-state index in [1.165, 1.54) is 42.2 Å². The van der Waals surface area contributed by atoms with E-state index >= 15 is 0 Å². The standard InChI is InChI=1S/C50H40O2Si2/c1-37-33-49-45(35-47(37)51-39-21-9-3-10-22-39)46-36-48(52-40-23-11-4-12-24-40)38(2)34-50(46)54(43-29-17-7-18-30-43,44-31-19-8-20-32-44)53(49,41-25-13-5-14-26-41)42-27-15-6-16-28-42/h3-36H,1-2H3. The number of aryl methyl sites for hydroxylation is 2. The number of fused-ring (bicyclic) bond motifs is 3. The van der Waals surface area contributed by atoms with E-state index < -0.39 is 15.2 Å². The minimum Gasteiger partial charge on any atom is -0.457 e. The SMILES string of the molecule is Cc1cc2c(cc1Oc1ccccc1)-c1cc(Oc3ccccc3)c(C)cc1[Si](c1ccccc1)(c1ccccc1)[Si]2(c1ccccc1)c1ccccc1. The molecule has 0 spiro atoms. The second-order valence-electron chi connectivity index (χ2n) is 14.1. The Morgan fingerprint density at radius 3 is 0.852 bits per heavy atom. The molecule has 1 aliphatic rings. The van der Waals surface area contributed by atoms with Gasteiger partial charge in [0.05, 0.1) is 0 Å².